The highest BCUT2D eigenvalue weighted by Crippen LogP contribution is 2.20. The standard InChI is InChI=1S/C10H13F3OSi/c1-10(2,14-15)5-6-3-8(12)9(13)4-7(6)11/h3-4H,5H2,1-2,15H3. The van der Waals surface area contributed by atoms with Gasteiger partial charge in [-0.2, -0.15) is 0 Å². The highest BCUT2D eigenvalue weighted by Gasteiger charge is 2.20. The van der Waals surface area contributed by atoms with E-state index in [0.717, 1.165) is 6.07 Å². The van der Waals surface area contributed by atoms with Gasteiger partial charge in [0.1, 0.15) is 16.3 Å². The van der Waals surface area contributed by atoms with Gasteiger partial charge >= 0.3 is 0 Å². The second-order valence-corrected chi connectivity index (χ2v) is 4.41. The van der Waals surface area contributed by atoms with Crippen LogP contribution in [-0.2, 0) is 10.8 Å². The third-order valence-corrected chi connectivity index (χ3v) is 3.36. The Hall–Kier alpha value is -0.813. The fourth-order valence-corrected chi connectivity index (χ4v) is 1.37. The lowest BCUT2D eigenvalue weighted by molar-refractivity contribution is 0.123. The lowest BCUT2D eigenvalue weighted by atomic mass is 9.98. The largest absolute Gasteiger partial charge is 0.423 e. The van der Waals surface area contributed by atoms with Crippen molar-refractivity contribution in [3.05, 3.63) is 35.1 Å². The first-order chi connectivity index (χ1) is 6.85. The van der Waals surface area contributed by atoms with Gasteiger partial charge in [-0.1, -0.05) is 0 Å². The van der Waals surface area contributed by atoms with Gasteiger partial charge in [0.2, 0.25) is 0 Å². The van der Waals surface area contributed by atoms with Crippen LogP contribution >= 0.6 is 0 Å². The van der Waals surface area contributed by atoms with Crippen molar-refractivity contribution in [2.24, 2.45) is 0 Å². The molecule has 1 aromatic rings. The van der Waals surface area contributed by atoms with Crippen LogP contribution in [0.5, 0.6) is 0 Å². The number of rotatable bonds is 3. The zero-order valence-electron chi connectivity index (χ0n) is 8.90. The van der Waals surface area contributed by atoms with E-state index in [0.29, 0.717) is 16.6 Å². The molecule has 0 bridgehead atoms. The Balaban J connectivity index is 3.01. The molecule has 0 aliphatic rings. The van der Waals surface area contributed by atoms with Crippen LogP contribution in [0.4, 0.5) is 13.2 Å². The van der Waals surface area contributed by atoms with E-state index in [-0.39, 0.29) is 12.0 Å². The molecule has 0 radical (unpaired) electrons. The summed E-state index contributed by atoms with van der Waals surface area (Å²) in [6.45, 7) is 3.56. The van der Waals surface area contributed by atoms with E-state index in [1.165, 1.54) is 0 Å². The van der Waals surface area contributed by atoms with Crippen molar-refractivity contribution in [3.8, 4) is 0 Å². The predicted molar refractivity (Wildman–Crippen MR) is 55.1 cm³/mol. The van der Waals surface area contributed by atoms with Crippen molar-refractivity contribution in [2.75, 3.05) is 0 Å². The van der Waals surface area contributed by atoms with Crippen LogP contribution in [0.2, 0.25) is 0 Å². The molecule has 0 saturated heterocycles. The molecule has 15 heavy (non-hydrogen) atoms. The summed E-state index contributed by atoms with van der Waals surface area (Å²) in [7, 11) is 0.512. The molecule has 0 fully saturated rings. The van der Waals surface area contributed by atoms with Crippen molar-refractivity contribution in [2.45, 2.75) is 25.9 Å². The van der Waals surface area contributed by atoms with Crippen molar-refractivity contribution < 1.29 is 17.6 Å². The molecule has 0 aliphatic heterocycles. The van der Waals surface area contributed by atoms with Crippen LogP contribution in [0.15, 0.2) is 12.1 Å². The maximum atomic E-state index is 13.2. The number of halogens is 3. The fourth-order valence-electron chi connectivity index (χ4n) is 1.23. The third kappa shape index (κ3) is 3.07. The zero-order chi connectivity index (χ0) is 11.6. The summed E-state index contributed by atoms with van der Waals surface area (Å²) in [4.78, 5) is 0. The van der Waals surface area contributed by atoms with Gasteiger partial charge in [-0.05, 0) is 25.5 Å². The van der Waals surface area contributed by atoms with Crippen molar-refractivity contribution in [1.82, 2.24) is 0 Å². The molecular formula is C10H13F3OSi. The molecule has 0 heterocycles. The van der Waals surface area contributed by atoms with E-state index in [2.05, 4.69) is 0 Å². The van der Waals surface area contributed by atoms with Crippen LogP contribution in [0.3, 0.4) is 0 Å². The van der Waals surface area contributed by atoms with Gasteiger partial charge in [0.15, 0.2) is 11.6 Å². The Labute approximate surface area is 89.8 Å². The topological polar surface area (TPSA) is 9.23 Å². The summed E-state index contributed by atoms with van der Waals surface area (Å²) < 4.78 is 44.0. The smallest absolute Gasteiger partial charge is 0.161 e. The van der Waals surface area contributed by atoms with Gasteiger partial charge in [0.25, 0.3) is 0 Å². The molecule has 84 valence electrons. The molecule has 0 aliphatic carbocycles. The molecule has 5 heteroatoms. The molecule has 0 atom stereocenters. The second kappa shape index (κ2) is 4.36. The fraction of sp³-hybridized carbons (Fsp3) is 0.400. The normalized spacial score (nSPS) is 12.1. The maximum absolute atomic E-state index is 13.2. The van der Waals surface area contributed by atoms with Gasteiger partial charge < -0.3 is 4.43 Å². The third-order valence-electron chi connectivity index (χ3n) is 2.26. The molecular weight excluding hydrogens is 221 g/mol. The molecule has 1 nitrogen and oxygen atoms in total. The van der Waals surface area contributed by atoms with Crippen LogP contribution in [0.1, 0.15) is 19.4 Å². The van der Waals surface area contributed by atoms with Crippen LogP contribution in [-0.4, -0.2) is 16.1 Å². The molecule has 0 N–H and O–H groups in total. The second-order valence-electron chi connectivity index (χ2n) is 4.00. The minimum absolute atomic E-state index is 0.134. The summed E-state index contributed by atoms with van der Waals surface area (Å²) >= 11 is 0. The number of hydrogen-bond acceptors (Lipinski definition) is 1. The van der Waals surface area contributed by atoms with E-state index in [1.807, 2.05) is 0 Å². The number of hydrogen-bond donors (Lipinski definition) is 0. The summed E-state index contributed by atoms with van der Waals surface area (Å²) in [5, 5.41) is 0. The van der Waals surface area contributed by atoms with Crippen LogP contribution in [0, 0.1) is 17.5 Å². The highest BCUT2D eigenvalue weighted by molar-refractivity contribution is 5.98. The molecule has 0 saturated carbocycles. The maximum Gasteiger partial charge on any atom is 0.161 e. The SMILES string of the molecule is CC(C)(Cc1cc(F)c(F)cc1F)O[SiH3]. The molecule has 0 aromatic heterocycles. The monoisotopic (exact) mass is 234 g/mol. The summed E-state index contributed by atoms with van der Waals surface area (Å²) in [5.41, 5.74) is -0.410. The minimum Gasteiger partial charge on any atom is -0.423 e. The van der Waals surface area contributed by atoms with Gasteiger partial charge in [-0.15, -0.1) is 0 Å². The quantitative estimate of drug-likeness (QED) is 0.571. The van der Waals surface area contributed by atoms with Crippen molar-refractivity contribution in [1.29, 1.82) is 0 Å². The molecule has 1 rings (SSSR count). The lowest BCUT2D eigenvalue weighted by Crippen LogP contribution is -2.26. The van der Waals surface area contributed by atoms with Crippen LogP contribution in [0.25, 0.3) is 0 Å². The minimum atomic E-state index is -1.17. The van der Waals surface area contributed by atoms with Gasteiger partial charge in [-0.25, -0.2) is 13.2 Å². The Morgan fingerprint density at radius 2 is 1.67 bits per heavy atom. The summed E-state index contributed by atoms with van der Waals surface area (Å²) in [5.74, 6) is -2.93. The van der Waals surface area contributed by atoms with E-state index < -0.39 is 23.1 Å². The van der Waals surface area contributed by atoms with Crippen LogP contribution < -0.4 is 0 Å². The first-order valence-electron chi connectivity index (χ1n) is 4.54. The predicted octanol–water partition coefficient (Wildman–Crippen LogP) is 1.72. The molecule has 0 unspecified atom stereocenters. The van der Waals surface area contributed by atoms with Gasteiger partial charge in [0.05, 0.1) is 5.60 Å². The van der Waals surface area contributed by atoms with Crippen molar-refractivity contribution >= 4 is 10.5 Å². The summed E-state index contributed by atoms with van der Waals surface area (Å²) in [6.07, 6.45) is 0.222. The van der Waals surface area contributed by atoms with Crippen molar-refractivity contribution in [3.63, 3.8) is 0 Å². The molecule has 1 aromatic carbocycles. The molecule has 0 amide bonds. The lowest BCUT2D eigenvalue weighted by Gasteiger charge is -2.23. The van der Waals surface area contributed by atoms with Gasteiger partial charge in [-0.3, -0.25) is 0 Å². The zero-order valence-corrected chi connectivity index (χ0v) is 10.9. The Morgan fingerprint density at radius 1 is 1.13 bits per heavy atom. The van der Waals surface area contributed by atoms with E-state index >= 15 is 0 Å². The average molecular weight is 234 g/mol. The van der Waals surface area contributed by atoms with E-state index in [4.69, 9.17) is 4.43 Å². The average Bonchev–Trinajstić information content (AvgIpc) is 2.14. The summed E-state index contributed by atoms with van der Waals surface area (Å²) in [6, 6.07) is 1.45. The Bertz CT molecular complexity index is 366. The Kier molecular flexibility index (Phi) is 3.57. The van der Waals surface area contributed by atoms with Gasteiger partial charge in [0, 0.05) is 12.5 Å². The number of benzene rings is 1. The first-order valence-corrected chi connectivity index (χ1v) is 5.36. The van der Waals surface area contributed by atoms with E-state index in [9.17, 15) is 13.2 Å². The highest BCUT2D eigenvalue weighted by atomic mass is 28.2. The first kappa shape index (κ1) is 12.3. The molecule has 0 spiro atoms. The van der Waals surface area contributed by atoms with E-state index in [1.54, 1.807) is 13.8 Å². The Morgan fingerprint density at radius 3 is 2.20 bits per heavy atom.